The van der Waals surface area contributed by atoms with Crippen LogP contribution in [0, 0.1) is 36.2 Å². The molecule has 0 spiro atoms. The lowest BCUT2D eigenvalue weighted by Gasteiger charge is -2.28. The molecule has 5 nitrogen and oxygen atoms in total. The van der Waals surface area contributed by atoms with Crippen LogP contribution in [-0.2, 0) is 14.3 Å². The highest BCUT2D eigenvalue weighted by Gasteiger charge is 2.21. The summed E-state index contributed by atoms with van der Waals surface area (Å²) in [6, 6.07) is 8.94. The highest BCUT2D eigenvalue weighted by molar-refractivity contribution is 5.88. The summed E-state index contributed by atoms with van der Waals surface area (Å²) in [5.41, 5.74) is 0.662. The highest BCUT2D eigenvalue weighted by atomic mass is 16.6. The number of nitrogens with zero attached hydrogens (tertiary/aromatic N) is 1. The number of hydrogen-bond acceptors (Lipinski definition) is 4. The summed E-state index contributed by atoms with van der Waals surface area (Å²) >= 11 is 0. The van der Waals surface area contributed by atoms with E-state index in [9.17, 15) is 9.59 Å². The molecule has 1 aromatic rings. The summed E-state index contributed by atoms with van der Waals surface area (Å²) in [5.74, 6) is 9.82. The van der Waals surface area contributed by atoms with Crippen molar-refractivity contribution in [3.05, 3.63) is 35.9 Å². The van der Waals surface area contributed by atoms with E-state index < -0.39 is 18.2 Å². The van der Waals surface area contributed by atoms with Crippen LogP contribution in [0.3, 0.4) is 0 Å². The molecule has 0 aliphatic rings. The standard InChI is InChI=1S/C25H29NO4/c1-6-7-8-9-10-14-17-24(27)30-23(22-15-12-11-13-16-22)18-19-29-25(28)26(20(2)3)21(4)5/h1,11-13,15-16,20-21,23H,7-10H2,2-5H3. The summed E-state index contributed by atoms with van der Waals surface area (Å²) in [7, 11) is 0. The van der Waals surface area contributed by atoms with Gasteiger partial charge in [-0.05, 0) is 46.5 Å². The van der Waals surface area contributed by atoms with Gasteiger partial charge in [-0.1, -0.05) is 36.3 Å². The lowest BCUT2D eigenvalue weighted by Crippen LogP contribution is -2.41. The minimum atomic E-state index is -0.895. The van der Waals surface area contributed by atoms with Crippen LogP contribution in [0.25, 0.3) is 0 Å². The van der Waals surface area contributed by atoms with E-state index in [2.05, 4.69) is 29.8 Å². The molecule has 0 aliphatic heterocycles. The van der Waals surface area contributed by atoms with E-state index in [4.69, 9.17) is 15.9 Å². The largest absolute Gasteiger partial charge is 0.434 e. The number of unbranched alkanes of at least 4 members (excludes halogenated alkanes) is 3. The second kappa shape index (κ2) is 13.8. The van der Waals surface area contributed by atoms with Crippen LogP contribution < -0.4 is 0 Å². The lowest BCUT2D eigenvalue weighted by atomic mass is 10.1. The third-order valence-corrected chi connectivity index (χ3v) is 4.04. The average Bonchev–Trinajstić information content (AvgIpc) is 2.70. The van der Waals surface area contributed by atoms with Crippen LogP contribution >= 0.6 is 0 Å². The van der Waals surface area contributed by atoms with E-state index in [1.54, 1.807) is 29.2 Å². The summed E-state index contributed by atoms with van der Waals surface area (Å²) in [5, 5.41) is 0. The molecule has 0 aliphatic carbocycles. The van der Waals surface area contributed by atoms with E-state index in [0.29, 0.717) is 18.4 Å². The third kappa shape index (κ3) is 9.22. The van der Waals surface area contributed by atoms with Gasteiger partial charge in [0.1, 0.15) is 6.11 Å². The van der Waals surface area contributed by atoms with Gasteiger partial charge in [0.2, 0.25) is 0 Å². The molecule has 5 heteroatoms. The van der Waals surface area contributed by atoms with Crippen molar-refractivity contribution in [2.75, 3.05) is 0 Å². The molecule has 1 unspecified atom stereocenters. The van der Waals surface area contributed by atoms with Crippen molar-refractivity contribution >= 4 is 12.1 Å². The molecule has 1 rings (SSSR count). The Morgan fingerprint density at radius 1 is 1.03 bits per heavy atom. The fraction of sp³-hybridized carbons (Fsp3) is 0.440. The summed E-state index contributed by atoms with van der Waals surface area (Å²) in [6.07, 6.45) is 9.10. The maximum atomic E-state index is 12.3. The van der Waals surface area contributed by atoms with Crippen LogP contribution in [0.15, 0.2) is 30.3 Å². The van der Waals surface area contributed by atoms with Crippen molar-refractivity contribution in [3.63, 3.8) is 0 Å². The maximum Gasteiger partial charge on any atom is 0.424 e. The Kier molecular flexibility index (Phi) is 11.3. The molecule has 1 aromatic carbocycles. The Morgan fingerprint density at radius 3 is 2.27 bits per heavy atom. The van der Waals surface area contributed by atoms with E-state index >= 15 is 0 Å². The van der Waals surface area contributed by atoms with Crippen molar-refractivity contribution in [2.45, 2.75) is 71.6 Å². The lowest BCUT2D eigenvalue weighted by molar-refractivity contribution is -0.139. The van der Waals surface area contributed by atoms with Crippen molar-refractivity contribution in [2.24, 2.45) is 0 Å². The Balaban J connectivity index is 2.81. The molecule has 0 radical (unpaired) electrons. The van der Waals surface area contributed by atoms with E-state index in [-0.39, 0.29) is 12.1 Å². The van der Waals surface area contributed by atoms with Gasteiger partial charge in [-0.2, -0.15) is 0 Å². The summed E-state index contributed by atoms with van der Waals surface area (Å²) in [4.78, 5) is 25.9. The topological polar surface area (TPSA) is 55.8 Å². The van der Waals surface area contributed by atoms with Crippen molar-refractivity contribution < 1.29 is 19.1 Å². The van der Waals surface area contributed by atoms with Gasteiger partial charge in [0.05, 0.1) is 0 Å². The summed E-state index contributed by atoms with van der Waals surface area (Å²) < 4.78 is 10.5. The second-order valence-corrected chi connectivity index (χ2v) is 7.12. The van der Waals surface area contributed by atoms with E-state index in [0.717, 1.165) is 12.8 Å². The number of terminal acetylenes is 1. The minimum absolute atomic E-state index is 0.0297. The molecular weight excluding hydrogens is 378 g/mol. The molecular formula is C25H29NO4. The van der Waals surface area contributed by atoms with Crippen LogP contribution in [0.5, 0.6) is 0 Å². The van der Waals surface area contributed by atoms with Gasteiger partial charge in [-0.3, -0.25) is 0 Å². The van der Waals surface area contributed by atoms with Gasteiger partial charge < -0.3 is 14.4 Å². The van der Waals surface area contributed by atoms with Gasteiger partial charge in [0, 0.05) is 36.4 Å². The minimum Gasteiger partial charge on any atom is -0.434 e. The Labute approximate surface area is 180 Å². The number of carbonyl (C=O) groups is 2. The number of amides is 1. The first-order valence-corrected chi connectivity index (χ1v) is 10.0. The summed E-state index contributed by atoms with van der Waals surface area (Å²) in [6.45, 7) is 7.59. The molecule has 30 heavy (non-hydrogen) atoms. The molecule has 158 valence electrons. The SMILES string of the molecule is C#CCCCCC#CC(=O)OC(C#COC(=O)N(C(C)C)C(C)C)c1ccccc1. The Morgan fingerprint density at radius 2 is 1.67 bits per heavy atom. The van der Waals surface area contributed by atoms with Crippen molar-refractivity contribution in [3.8, 4) is 36.2 Å². The molecule has 0 N–H and O–H groups in total. The van der Waals surface area contributed by atoms with Crippen molar-refractivity contribution in [1.29, 1.82) is 0 Å². The third-order valence-electron chi connectivity index (χ3n) is 4.04. The van der Waals surface area contributed by atoms with Gasteiger partial charge in [-0.15, -0.1) is 12.3 Å². The van der Waals surface area contributed by atoms with Crippen LogP contribution in [0.2, 0.25) is 0 Å². The predicted molar refractivity (Wildman–Crippen MR) is 117 cm³/mol. The number of hydrogen-bond donors (Lipinski definition) is 0. The fourth-order valence-corrected chi connectivity index (χ4v) is 2.72. The molecule has 1 atom stereocenters. The molecule has 1 amide bonds. The fourth-order valence-electron chi connectivity index (χ4n) is 2.72. The second-order valence-electron chi connectivity index (χ2n) is 7.12. The first-order valence-electron chi connectivity index (χ1n) is 10.0. The molecule has 0 saturated carbocycles. The van der Waals surface area contributed by atoms with Gasteiger partial charge >= 0.3 is 12.1 Å². The molecule has 0 fully saturated rings. The smallest absolute Gasteiger partial charge is 0.424 e. The number of esters is 1. The molecule has 0 heterocycles. The number of ether oxygens (including phenoxy) is 2. The zero-order valence-electron chi connectivity index (χ0n) is 18.1. The van der Waals surface area contributed by atoms with E-state index in [1.165, 1.54) is 0 Å². The first-order chi connectivity index (χ1) is 14.4. The molecule has 0 saturated heterocycles. The molecule has 0 aromatic heterocycles. The monoisotopic (exact) mass is 407 g/mol. The van der Waals surface area contributed by atoms with E-state index in [1.807, 2.05) is 33.8 Å². The highest BCUT2D eigenvalue weighted by Crippen LogP contribution is 2.16. The van der Waals surface area contributed by atoms with Gasteiger partial charge in [-0.25, -0.2) is 9.59 Å². The van der Waals surface area contributed by atoms with Crippen LogP contribution in [-0.4, -0.2) is 29.0 Å². The Bertz CT molecular complexity index is 836. The predicted octanol–water partition coefficient (Wildman–Crippen LogP) is 4.68. The van der Waals surface area contributed by atoms with Crippen LogP contribution in [0.1, 0.15) is 65.0 Å². The normalized spacial score (nSPS) is 10.7. The van der Waals surface area contributed by atoms with Gasteiger partial charge in [0.15, 0.2) is 6.10 Å². The number of benzene rings is 1. The zero-order valence-corrected chi connectivity index (χ0v) is 18.1. The first kappa shape index (κ1) is 24.7. The number of rotatable bonds is 7. The molecule has 0 bridgehead atoms. The zero-order chi connectivity index (χ0) is 22.4. The maximum absolute atomic E-state index is 12.3. The Hall–Kier alpha value is -3.36. The average molecular weight is 408 g/mol. The quantitative estimate of drug-likeness (QED) is 0.285. The number of carbonyl (C=O) groups excluding carboxylic acids is 2. The van der Waals surface area contributed by atoms with Crippen LogP contribution in [0.4, 0.5) is 4.79 Å². The van der Waals surface area contributed by atoms with Crippen molar-refractivity contribution in [1.82, 2.24) is 4.90 Å². The van der Waals surface area contributed by atoms with Gasteiger partial charge in [0.25, 0.3) is 0 Å².